The van der Waals surface area contributed by atoms with Crippen LogP contribution in [0, 0.1) is 5.92 Å². The first-order valence-corrected chi connectivity index (χ1v) is 32.8. The summed E-state index contributed by atoms with van der Waals surface area (Å²) in [4.78, 5) is 120. The number of rotatable bonds is 14. The van der Waals surface area contributed by atoms with Crippen LogP contribution in [0.5, 0.6) is 46.0 Å². The second-order valence-corrected chi connectivity index (χ2v) is 26.8. The third-order valence-corrected chi connectivity index (χ3v) is 18.5. The fraction of sp³-hybridized carbons (Fsp3) is 0.424. The van der Waals surface area contributed by atoms with Crippen LogP contribution in [-0.4, -0.2) is 186 Å². The molecule has 0 aromatic heterocycles. The lowest BCUT2D eigenvalue weighted by Crippen LogP contribution is -2.64. The summed E-state index contributed by atoms with van der Waals surface area (Å²) in [7, 11) is 1.47. The van der Waals surface area contributed by atoms with Gasteiger partial charge in [0.25, 0.3) is 0 Å². The lowest BCUT2D eigenvalue weighted by Gasteiger charge is -2.47. The number of carbonyl (C=O) groups is 8. The van der Waals surface area contributed by atoms with Gasteiger partial charge in [0.05, 0.1) is 47.4 Å². The van der Waals surface area contributed by atoms with Gasteiger partial charge in [0.1, 0.15) is 83.4 Å². The number of primary amides is 1. The quantitative estimate of drug-likeness (QED) is 0.0425. The number of nitrogens with two attached hydrogens (primary N) is 2. The third kappa shape index (κ3) is 16.3. The van der Waals surface area contributed by atoms with Crippen molar-refractivity contribution in [1.29, 1.82) is 0 Å². The van der Waals surface area contributed by atoms with E-state index >= 15 is 14.4 Å². The zero-order valence-electron chi connectivity index (χ0n) is 55.2. The minimum absolute atomic E-state index is 0.103. The number of benzene rings is 5. The predicted molar refractivity (Wildman–Crippen MR) is 356 cm³/mol. The number of azide groups is 1. The number of carbonyl (C=O) groups excluding carboxylic acids is 7. The molecule has 0 aliphatic carbocycles. The van der Waals surface area contributed by atoms with Crippen molar-refractivity contribution in [2.45, 2.75) is 156 Å². The first-order valence-electron chi connectivity index (χ1n) is 32.0. The Bertz CT molecular complexity index is 4220. The van der Waals surface area contributed by atoms with Gasteiger partial charge >= 0.3 is 5.97 Å². The Morgan fingerprint density at radius 1 is 0.748 bits per heavy atom. The Morgan fingerprint density at radius 3 is 1.95 bits per heavy atom. The van der Waals surface area contributed by atoms with Crippen LogP contribution < -0.4 is 62.9 Å². The van der Waals surface area contributed by atoms with Crippen LogP contribution in [0.15, 0.2) is 84.0 Å². The van der Waals surface area contributed by atoms with Gasteiger partial charge < -0.3 is 123 Å². The Hall–Kier alpha value is -9.85. The second kappa shape index (κ2) is 31.0. The molecule has 2 saturated heterocycles. The highest BCUT2D eigenvalue weighted by molar-refractivity contribution is 6.32. The summed E-state index contributed by atoms with van der Waals surface area (Å²) in [6, 6.07) is -0.810. The van der Waals surface area contributed by atoms with Crippen LogP contribution >= 0.6 is 23.2 Å². The summed E-state index contributed by atoms with van der Waals surface area (Å²) >= 11 is 14.1. The lowest BCUT2D eigenvalue weighted by molar-refractivity contribution is -0.330. The summed E-state index contributed by atoms with van der Waals surface area (Å²) < 4.78 is 38.6. The van der Waals surface area contributed by atoms with Gasteiger partial charge in [-0.15, -0.1) is 0 Å². The maximum atomic E-state index is 16.1. The summed E-state index contributed by atoms with van der Waals surface area (Å²) in [5, 5.41) is 124. The molecule has 18 atom stereocenters. The van der Waals surface area contributed by atoms with E-state index in [1.165, 1.54) is 33.0 Å². The minimum atomic E-state index is -2.36. The number of ether oxygens (including phenoxy) is 6. The number of fused-ring (bicyclic) bond motifs is 15. The van der Waals surface area contributed by atoms with E-state index < -0.39 is 237 Å². The van der Waals surface area contributed by atoms with Crippen molar-refractivity contribution in [3.8, 4) is 57.1 Å². The summed E-state index contributed by atoms with van der Waals surface area (Å²) in [5.41, 5.74) is 17.4. The molecule has 0 radical (unpaired) electrons. The van der Waals surface area contributed by atoms with Gasteiger partial charge in [0.2, 0.25) is 53.4 Å². The summed E-state index contributed by atoms with van der Waals surface area (Å²) in [6.07, 6.45) is -18.7. The maximum Gasteiger partial charge on any atom is 0.330 e. The van der Waals surface area contributed by atoms with E-state index in [0.717, 1.165) is 66.7 Å². The SMILES string of the molecule is CN[C@@H](CC(C)C)C(=O)N[C@H]1C(=O)N[C@@H](CC(N)=O)C(=O)N[C@H]2C(=O)N[C@H]3C(=O)N[C@H](C(=O)N[C@@H](C(=O)O)c4cc(O)cc(O)c4-c4cc3ccc4O)[C@H](O)c3ccc(c(Cl)c3)Oc3cc2cc(c3OC2OC(CN=[N+]=[N-])C(O)C(O)C2OC2CC(C)(N)C(O)C(C)O2)Oc2ccc(cc2Cl)[C@H]1O. The van der Waals surface area contributed by atoms with Crippen molar-refractivity contribution >= 4 is 70.5 Å². The number of hydrogen-bond donors (Lipinski definition) is 18. The van der Waals surface area contributed by atoms with E-state index in [1.807, 2.05) is 13.8 Å². The number of likely N-dealkylation sites (N-methyl/N-ethyl adjacent to an activating group) is 1. The number of aliphatic hydroxyl groups excluding tert-OH is 5. The molecule has 5 aromatic rings. The zero-order chi connectivity index (χ0) is 75.0. The first-order chi connectivity index (χ1) is 48.7. The van der Waals surface area contributed by atoms with Gasteiger partial charge in [-0.05, 0) is 116 Å². The van der Waals surface area contributed by atoms with E-state index in [2.05, 4.69) is 47.2 Å². The number of nitrogens with zero attached hydrogens (tertiary/aromatic N) is 3. The van der Waals surface area contributed by atoms with E-state index in [1.54, 1.807) is 0 Å². The number of amides is 7. The van der Waals surface area contributed by atoms with Crippen LogP contribution in [0.4, 0.5) is 0 Å². The normalized spacial score (nSPS) is 29.0. The van der Waals surface area contributed by atoms with E-state index in [9.17, 15) is 75.5 Å². The molecule has 12 rings (SSSR count). The fourth-order valence-electron chi connectivity index (χ4n) is 12.6. The number of carboxylic acids is 1. The Balaban J connectivity index is 1.25. The molecule has 2 fully saturated rings. The maximum absolute atomic E-state index is 16.1. The topological polar surface area (TPSA) is 559 Å². The van der Waals surface area contributed by atoms with Gasteiger partial charge in [-0.25, -0.2) is 4.79 Å². The average Bonchev–Trinajstić information content (AvgIpc) is 0.771. The Kier molecular flexibility index (Phi) is 22.8. The van der Waals surface area contributed by atoms with Crippen molar-refractivity contribution in [2.24, 2.45) is 22.5 Å². The fourth-order valence-corrected chi connectivity index (χ4v) is 13.1. The van der Waals surface area contributed by atoms with Gasteiger partial charge in [-0.1, -0.05) is 60.4 Å². The predicted octanol–water partition coefficient (Wildman–Crippen LogP) is 1.42. The molecular formula is C66H74Cl2N12O23. The molecular weight excluding hydrogens is 1400 g/mol. The first kappa shape index (κ1) is 75.8. The number of nitrogens with one attached hydrogen (secondary N) is 7. The highest BCUT2D eigenvalue weighted by atomic mass is 35.5. The molecule has 7 heterocycles. The van der Waals surface area contributed by atoms with Crippen molar-refractivity contribution in [2.75, 3.05) is 13.6 Å². The highest BCUT2D eigenvalue weighted by Gasteiger charge is 2.51. The Labute approximate surface area is 594 Å². The standard InChI is InChI=1S/C66H74Cl2N12O23/c1-23(2)12-34(72-5)58(90)78-49-51(85)26-7-10-38(32(67)14-26)99-40-16-28-17-41(55(40)103-65-56(54(88)53(87)42(101-65)22-73-80-71)102-44-21-66(4,70)57(89)24(3)98-44)100-39-11-8-27(15-33(39)68)52(86)50-63(95)77-48(64(96)97)31-18-29(81)19-37(83)45(31)30-13-25(6-9-36(30)82)46(60(92)79-50)76-61(93)47(28)75-59(91)35(20-43(69)84)74-62(49)94/h6-11,13-19,23-24,34-35,42,44,46-54,56-57,65,72,81-83,85-89H,12,20-22,70H2,1-5H3,(H2,69,84)(H,74,94)(H,75,91)(H,76,93)(H,77,95)(H,78,90)(H,79,92)(H,96,97)/t24?,34-,35-,42?,44?,46+,47+,48+,49+,50-,51+,52+,53?,54?,56?,57?,65?,66?/m0/s1. The molecule has 7 aliphatic rings. The molecule has 103 heavy (non-hydrogen) atoms. The molecule has 20 N–H and O–H groups in total. The molecule has 0 spiro atoms. The number of aliphatic carboxylic acids is 1. The van der Waals surface area contributed by atoms with Gasteiger partial charge in [-0.3, -0.25) is 33.6 Å². The monoisotopic (exact) mass is 1470 g/mol. The van der Waals surface area contributed by atoms with Crippen molar-refractivity contribution < 1.29 is 113 Å². The molecule has 7 amide bonds. The lowest BCUT2D eigenvalue weighted by atomic mass is 9.86. The van der Waals surface area contributed by atoms with Crippen molar-refractivity contribution in [3.63, 3.8) is 0 Å². The van der Waals surface area contributed by atoms with Crippen molar-refractivity contribution in [1.82, 2.24) is 37.2 Å². The Morgan fingerprint density at radius 2 is 1.36 bits per heavy atom. The average molecular weight is 1470 g/mol. The number of halogens is 2. The zero-order valence-corrected chi connectivity index (χ0v) is 56.7. The molecule has 35 nitrogen and oxygen atoms in total. The van der Waals surface area contributed by atoms with Crippen LogP contribution in [0.2, 0.25) is 10.0 Å². The molecule has 9 unspecified atom stereocenters. The third-order valence-electron chi connectivity index (χ3n) is 17.9. The number of phenolic OH excluding ortho intramolecular Hbond substituents is 3. The van der Waals surface area contributed by atoms with Crippen LogP contribution in [-0.2, 0) is 52.6 Å². The molecule has 11 bridgehead atoms. The largest absolute Gasteiger partial charge is 0.508 e. The van der Waals surface area contributed by atoms with E-state index in [-0.39, 0.29) is 46.2 Å². The van der Waals surface area contributed by atoms with Crippen LogP contribution in [0.25, 0.3) is 21.6 Å². The van der Waals surface area contributed by atoms with E-state index in [4.69, 9.17) is 63.1 Å². The molecule has 0 saturated carbocycles. The molecule has 37 heteroatoms. The van der Waals surface area contributed by atoms with Crippen LogP contribution in [0.3, 0.4) is 0 Å². The minimum Gasteiger partial charge on any atom is -0.508 e. The van der Waals surface area contributed by atoms with Crippen molar-refractivity contribution in [3.05, 3.63) is 127 Å². The number of aromatic hydroxyl groups is 3. The number of phenols is 3. The highest BCUT2D eigenvalue weighted by Crippen LogP contribution is 2.50. The molecule has 7 aliphatic heterocycles. The smallest absolute Gasteiger partial charge is 0.330 e. The number of hydrogen-bond acceptors (Lipinski definition) is 25. The summed E-state index contributed by atoms with van der Waals surface area (Å²) in [5.74, 6) is -16.1. The molecule has 5 aromatic carbocycles. The number of carboxylic acid groups (broad SMARTS) is 1. The van der Waals surface area contributed by atoms with E-state index in [0.29, 0.717) is 0 Å². The van der Waals surface area contributed by atoms with Gasteiger partial charge in [0.15, 0.2) is 29.9 Å². The second-order valence-electron chi connectivity index (χ2n) is 25.9. The molecule has 550 valence electrons. The summed E-state index contributed by atoms with van der Waals surface area (Å²) in [6.45, 7) is 5.94. The van der Waals surface area contributed by atoms with Crippen LogP contribution in [0.1, 0.15) is 105 Å². The number of aliphatic hydroxyl groups is 5. The van der Waals surface area contributed by atoms with Gasteiger partial charge in [0, 0.05) is 39.6 Å². The van der Waals surface area contributed by atoms with Gasteiger partial charge in [-0.2, -0.15) is 0 Å².